The molecular formula is C18H32O4. The zero-order chi connectivity index (χ0) is 16.4. The van der Waals surface area contributed by atoms with Crippen LogP contribution in [0, 0.1) is 11.8 Å². The minimum absolute atomic E-state index is 0.118. The number of unbranched alkanes of at least 4 members (excludes halogenated alkanes) is 7. The van der Waals surface area contributed by atoms with Crippen LogP contribution < -0.4 is 0 Å². The van der Waals surface area contributed by atoms with Gasteiger partial charge in [0.2, 0.25) is 0 Å². The van der Waals surface area contributed by atoms with Crippen molar-refractivity contribution >= 4 is 11.9 Å². The zero-order valence-electron chi connectivity index (χ0n) is 14.4. The van der Waals surface area contributed by atoms with Gasteiger partial charge in [-0.25, -0.2) is 0 Å². The lowest BCUT2D eigenvalue weighted by atomic mass is 9.85. The third kappa shape index (κ3) is 6.37. The Balaban J connectivity index is 2.20. The fourth-order valence-electron chi connectivity index (χ4n) is 3.11. The molecule has 4 heteroatoms. The Labute approximate surface area is 134 Å². The molecule has 0 N–H and O–H groups in total. The average molecular weight is 312 g/mol. The number of cyclic esters (lactones) is 1. The summed E-state index contributed by atoms with van der Waals surface area (Å²) in [6.07, 6.45) is 11.4. The molecule has 1 aliphatic rings. The van der Waals surface area contributed by atoms with Gasteiger partial charge in [0.05, 0.1) is 18.9 Å². The second kappa shape index (κ2) is 10.6. The summed E-state index contributed by atoms with van der Waals surface area (Å²) < 4.78 is 10.2. The predicted octanol–water partition coefficient (Wildman–Crippen LogP) is 4.26. The molecule has 0 spiro atoms. The largest absolute Gasteiger partial charge is 0.469 e. The van der Waals surface area contributed by atoms with Crippen LogP contribution in [-0.4, -0.2) is 25.2 Å². The van der Waals surface area contributed by atoms with Gasteiger partial charge >= 0.3 is 11.9 Å². The normalized spacial score (nSPS) is 24.9. The molecule has 1 heterocycles. The van der Waals surface area contributed by atoms with Crippen molar-refractivity contribution in [1.82, 2.24) is 0 Å². The van der Waals surface area contributed by atoms with Gasteiger partial charge in [0.15, 0.2) is 0 Å². The van der Waals surface area contributed by atoms with E-state index in [0.29, 0.717) is 6.42 Å². The molecule has 0 aromatic heterocycles. The van der Waals surface area contributed by atoms with Gasteiger partial charge in [-0.05, 0) is 19.3 Å². The van der Waals surface area contributed by atoms with Crippen LogP contribution in [0.2, 0.25) is 0 Å². The van der Waals surface area contributed by atoms with Gasteiger partial charge in [-0.3, -0.25) is 9.59 Å². The molecule has 0 amide bonds. The fraction of sp³-hybridized carbons (Fsp3) is 0.889. The highest BCUT2D eigenvalue weighted by Crippen LogP contribution is 2.30. The fourth-order valence-corrected chi connectivity index (χ4v) is 3.11. The number of rotatable bonds is 10. The molecule has 1 fully saturated rings. The van der Waals surface area contributed by atoms with Crippen molar-refractivity contribution in [1.29, 1.82) is 0 Å². The van der Waals surface area contributed by atoms with Crippen molar-refractivity contribution in [3.63, 3.8) is 0 Å². The Kier molecular flexibility index (Phi) is 9.17. The van der Waals surface area contributed by atoms with E-state index < -0.39 is 0 Å². The van der Waals surface area contributed by atoms with Crippen molar-refractivity contribution in [2.24, 2.45) is 11.8 Å². The molecule has 0 aliphatic carbocycles. The van der Waals surface area contributed by atoms with E-state index in [9.17, 15) is 9.59 Å². The van der Waals surface area contributed by atoms with Crippen molar-refractivity contribution in [3.05, 3.63) is 0 Å². The van der Waals surface area contributed by atoms with Crippen LogP contribution in [0.4, 0.5) is 0 Å². The monoisotopic (exact) mass is 312 g/mol. The van der Waals surface area contributed by atoms with Crippen molar-refractivity contribution in [2.75, 3.05) is 7.11 Å². The van der Waals surface area contributed by atoms with E-state index in [-0.39, 0.29) is 29.9 Å². The molecule has 4 nitrogen and oxygen atoms in total. The third-order valence-corrected chi connectivity index (χ3v) is 4.66. The molecule has 0 aromatic rings. The highest BCUT2D eigenvalue weighted by atomic mass is 16.5. The molecule has 1 aliphatic heterocycles. The maximum absolute atomic E-state index is 11.8. The van der Waals surface area contributed by atoms with Gasteiger partial charge in [0.1, 0.15) is 6.10 Å². The number of carbonyl (C=O) groups excluding carboxylic acids is 2. The first-order valence-corrected chi connectivity index (χ1v) is 8.88. The molecule has 0 saturated carbocycles. The van der Waals surface area contributed by atoms with E-state index in [1.807, 2.05) is 0 Å². The number of methoxy groups -OCH3 is 1. The predicted molar refractivity (Wildman–Crippen MR) is 86.4 cm³/mol. The summed E-state index contributed by atoms with van der Waals surface area (Å²) in [4.78, 5) is 23.6. The summed E-state index contributed by atoms with van der Waals surface area (Å²) in [7, 11) is 1.38. The minimum Gasteiger partial charge on any atom is -0.469 e. The van der Waals surface area contributed by atoms with Crippen LogP contribution in [0.15, 0.2) is 0 Å². The van der Waals surface area contributed by atoms with E-state index in [1.165, 1.54) is 52.1 Å². The second-order valence-corrected chi connectivity index (χ2v) is 6.48. The van der Waals surface area contributed by atoms with Crippen LogP contribution in [0.3, 0.4) is 0 Å². The van der Waals surface area contributed by atoms with E-state index in [4.69, 9.17) is 9.47 Å². The first kappa shape index (κ1) is 19.0. The summed E-state index contributed by atoms with van der Waals surface area (Å²) >= 11 is 0. The molecule has 3 atom stereocenters. The van der Waals surface area contributed by atoms with E-state index in [2.05, 4.69) is 6.92 Å². The Bertz CT molecular complexity index is 340. The molecule has 0 unspecified atom stereocenters. The first-order valence-electron chi connectivity index (χ1n) is 8.88. The molecule has 0 bridgehead atoms. The molecule has 1 saturated heterocycles. The minimum atomic E-state index is -0.387. The Morgan fingerprint density at radius 3 is 2.32 bits per heavy atom. The van der Waals surface area contributed by atoms with Crippen LogP contribution >= 0.6 is 0 Å². The first-order chi connectivity index (χ1) is 10.6. The summed E-state index contributed by atoms with van der Waals surface area (Å²) in [5.41, 5.74) is 0. The van der Waals surface area contributed by atoms with Crippen LogP contribution in [-0.2, 0) is 19.1 Å². The highest BCUT2D eigenvalue weighted by molar-refractivity contribution is 5.82. The topological polar surface area (TPSA) is 52.6 Å². The second-order valence-electron chi connectivity index (χ2n) is 6.48. The Hall–Kier alpha value is -1.06. The number of carbonyl (C=O) groups is 2. The molecular weight excluding hydrogens is 280 g/mol. The van der Waals surface area contributed by atoms with Crippen molar-refractivity contribution in [2.45, 2.75) is 84.2 Å². The SMILES string of the molecule is CCCCCCCCCC[C@H]1C[C@@H](C(=O)OC)[C@H](C)C(=O)O1. The maximum atomic E-state index is 11.8. The van der Waals surface area contributed by atoms with Crippen LogP contribution in [0.1, 0.15) is 78.1 Å². The van der Waals surface area contributed by atoms with Gasteiger partial charge in [0.25, 0.3) is 0 Å². The quantitative estimate of drug-likeness (QED) is 0.447. The Morgan fingerprint density at radius 2 is 1.73 bits per heavy atom. The lowest BCUT2D eigenvalue weighted by molar-refractivity contribution is -0.173. The van der Waals surface area contributed by atoms with Crippen molar-refractivity contribution in [3.8, 4) is 0 Å². The van der Waals surface area contributed by atoms with Gasteiger partial charge in [-0.2, -0.15) is 0 Å². The zero-order valence-corrected chi connectivity index (χ0v) is 14.4. The molecule has 22 heavy (non-hydrogen) atoms. The third-order valence-electron chi connectivity index (χ3n) is 4.66. The number of hydrogen-bond acceptors (Lipinski definition) is 4. The van der Waals surface area contributed by atoms with Crippen LogP contribution in [0.5, 0.6) is 0 Å². The van der Waals surface area contributed by atoms with E-state index >= 15 is 0 Å². The van der Waals surface area contributed by atoms with Gasteiger partial charge < -0.3 is 9.47 Å². The number of hydrogen-bond donors (Lipinski definition) is 0. The maximum Gasteiger partial charge on any atom is 0.309 e. The summed E-state index contributed by atoms with van der Waals surface area (Å²) in [6.45, 7) is 3.98. The van der Waals surface area contributed by atoms with Gasteiger partial charge in [-0.1, -0.05) is 58.8 Å². The molecule has 0 aromatic carbocycles. The summed E-state index contributed by atoms with van der Waals surface area (Å²) in [5, 5.41) is 0. The number of ether oxygens (including phenoxy) is 2. The van der Waals surface area contributed by atoms with Gasteiger partial charge in [-0.15, -0.1) is 0 Å². The van der Waals surface area contributed by atoms with E-state index in [0.717, 1.165) is 12.8 Å². The molecule has 1 rings (SSSR count). The summed E-state index contributed by atoms with van der Waals surface area (Å²) in [5.74, 6) is -1.27. The summed E-state index contributed by atoms with van der Waals surface area (Å²) in [6, 6.07) is 0. The Morgan fingerprint density at radius 1 is 1.14 bits per heavy atom. The lowest BCUT2D eigenvalue weighted by Gasteiger charge is -2.31. The highest BCUT2D eigenvalue weighted by Gasteiger charge is 2.39. The van der Waals surface area contributed by atoms with Crippen molar-refractivity contribution < 1.29 is 19.1 Å². The molecule has 128 valence electrons. The van der Waals surface area contributed by atoms with Crippen LogP contribution in [0.25, 0.3) is 0 Å². The lowest BCUT2D eigenvalue weighted by Crippen LogP contribution is -2.40. The number of esters is 2. The standard InChI is InChI=1S/C18H32O4/c1-4-5-6-7-8-9-10-11-12-15-13-16(18(20)21-3)14(2)17(19)22-15/h14-16H,4-13H2,1-3H3/t14-,15-,16+/m0/s1. The smallest absolute Gasteiger partial charge is 0.309 e. The van der Waals surface area contributed by atoms with Gasteiger partial charge in [0, 0.05) is 0 Å². The average Bonchev–Trinajstić information content (AvgIpc) is 2.52. The molecule has 0 radical (unpaired) electrons. The van der Waals surface area contributed by atoms with E-state index in [1.54, 1.807) is 6.92 Å².